The first-order valence-corrected chi connectivity index (χ1v) is 6.57. The zero-order valence-corrected chi connectivity index (χ0v) is 12.8. The second kappa shape index (κ2) is 4.52. The Bertz CT molecular complexity index is 269. The molecular formula is C14H30N2O. The van der Waals surface area contributed by atoms with Crippen molar-refractivity contribution in [2.45, 2.75) is 70.7 Å². The second-order valence-corrected chi connectivity index (χ2v) is 7.31. The lowest BCUT2D eigenvalue weighted by molar-refractivity contribution is -0.0702. The second-order valence-electron chi connectivity index (χ2n) is 7.31. The topological polar surface area (TPSA) is 24.5 Å². The highest BCUT2D eigenvalue weighted by Crippen LogP contribution is 2.37. The fourth-order valence-corrected chi connectivity index (χ4v) is 2.41. The van der Waals surface area contributed by atoms with Crippen molar-refractivity contribution >= 4 is 0 Å². The van der Waals surface area contributed by atoms with Gasteiger partial charge in [0.15, 0.2) is 0 Å². The van der Waals surface area contributed by atoms with Crippen LogP contribution in [0.3, 0.4) is 0 Å². The van der Waals surface area contributed by atoms with Crippen molar-refractivity contribution in [2.24, 2.45) is 0 Å². The minimum Gasteiger partial charge on any atom is -0.368 e. The van der Waals surface area contributed by atoms with Gasteiger partial charge in [-0.2, -0.15) is 0 Å². The predicted octanol–water partition coefficient (Wildman–Crippen LogP) is 2.26. The van der Waals surface area contributed by atoms with Crippen LogP contribution in [-0.2, 0) is 4.74 Å². The van der Waals surface area contributed by atoms with E-state index in [9.17, 15) is 0 Å². The summed E-state index contributed by atoms with van der Waals surface area (Å²) in [5.41, 5.74) is 0.0815. The third-order valence-corrected chi connectivity index (χ3v) is 4.07. The van der Waals surface area contributed by atoms with Crippen molar-refractivity contribution in [3.63, 3.8) is 0 Å². The molecule has 1 unspecified atom stereocenters. The van der Waals surface area contributed by atoms with Crippen LogP contribution in [0.25, 0.3) is 0 Å². The Morgan fingerprint density at radius 2 is 1.76 bits per heavy atom. The SMILES string of the molecule is CN(C)C(C)(C)CNC1CC(C)(C)OC1(C)C. The highest BCUT2D eigenvalue weighted by molar-refractivity contribution is 5.00. The van der Waals surface area contributed by atoms with E-state index < -0.39 is 0 Å². The summed E-state index contributed by atoms with van der Waals surface area (Å²) in [7, 11) is 4.25. The first-order chi connectivity index (χ1) is 7.46. The Kier molecular flexibility index (Phi) is 3.98. The van der Waals surface area contributed by atoms with Gasteiger partial charge in [0.05, 0.1) is 11.2 Å². The minimum absolute atomic E-state index is 0.0105. The quantitative estimate of drug-likeness (QED) is 0.818. The first-order valence-electron chi connectivity index (χ1n) is 6.57. The van der Waals surface area contributed by atoms with Gasteiger partial charge in [0.25, 0.3) is 0 Å². The summed E-state index contributed by atoms with van der Waals surface area (Å²) in [4.78, 5) is 2.26. The van der Waals surface area contributed by atoms with Crippen molar-refractivity contribution < 1.29 is 4.74 Å². The zero-order valence-electron chi connectivity index (χ0n) is 12.8. The molecule has 0 aromatic heterocycles. The molecule has 0 aliphatic carbocycles. The zero-order chi connectivity index (χ0) is 13.5. The van der Waals surface area contributed by atoms with Gasteiger partial charge in [-0.05, 0) is 62.1 Å². The summed E-state index contributed by atoms with van der Waals surface area (Å²) in [5.74, 6) is 0. The molecule has 1 aliphatic heterocycles. The van der Waals surface area contributed by atoms with Crippen molar-refractivity contribution in [3.05, 3.63) is 0 Å². The summed E-state index contributed by atoms with van der Waals surface area (Å²) in [6, 6.07) is 0.428. The number of ether oxygens (including phenoxy) is 1. The number of rotatable bonds is 4. The van der Waals surface area contributed by atoms with E-state index in [2.05, 4.69) is 65.9 Å². The van der Waals surface area contributed by atoms with E-state index in [1.807, 2.05) is 0 Å². The fraction of sp³-hybridized carbons (Fsp3) is 1.00. The van der Waals surface area contributed by atoms with Gasteiger partial charge in [-0.3, -0.25) is 0 Å². The predicted molar refractivity (Wildman–Crippen MR) is 73.4 cm³/mol. The molecule has 0 bridgehead atoms. The lowest BCUT2D eigenvalue weighted by atomic mass is 9.93. The van der Waals surface area contributed by atoms with Gasteiger partial charge in [0, 0.05) is 18.1 Å². The van der Waals surface area contributed by atoms with Gasteiger partial charge in [-0.15, -0.1) is 0 Å². The molecule has 1 saturated heterocycles. The molecule has 0 spiro atoms. The molecule has 1 N–H and O–H groups in total. The molecule has 3 nitrogen and oxygen atoms in total. The standard InChI is InChI=1S/C14H30N2O/c1-12(2,16(7)8)10-15-11-9-13(3,4)17-14(11,5)6/h11,15H,9-10H2,1-8H3. The number of nitrogens with one attached hydrogen (secondary N) is 1. The third kappa shape index (κ3) is 3.67. The van der Waals surface area contributed by atoms with Crippen molar-refractivity contribution in [3.8, 4) is 0 Å². The van der Waals surface area contributed by atoms with Gasteiger partial charge in [-0.25, -0.2) is 0 Å². The number of likely N-dealkylation sites (N-methyl/N-ethyl adjacent to an activating group) is 1. The Balaban J connectivity index is 2.59. The van der Waals surface area contributed by atoms with Crippen molar-refractivity contribution in [1.82, 2.24) is 10.2 Å². The Morgan fingerprint density at radius 3 is 2.12 bits per heavy atom. The minimum atomic E-state index is -0.0775. The molecule has 102 valence electrons. The number of nitrogens with zero attached hydrogens (tertiary/aromatic N) is 1. The first kappa shape index (κ1) is 14.9. The van der Waals surface area contributed by atoms with Crippen molar-refractivity contribution in [1.29, 1.82) is 0 Å². The van der Waals surface area contributed by atoms with E-state index in [1.165, 1.54) is 0 Å². The maximum Gasteiger partial charge on any atom is 0.0787 e. The molecule has 1 aliphatic rings. The van der Waals surface area contributed by atoms with Gasteiger partial charge >= 0.3 is 0 Å². The summed E-state index contributed by atoms with van der Waals surface area (Å²) >= 11 is 0. The van der Waals surface area contributed by atoms with E-state index >= 15 is 0 Å². The maximum absolute atomic E-state index is 6.10. The normalized spacial score (nSPS) is 27.7. The highest BCUT2D eigenvalue weighted by atomic mass is 16.5. The molecule has 0 saturated carbocycles. The van der Waals surface area contributed by atoms with Crippen LogP contribution >= 0.6 is 0 Å². The van der Waals surface area contributed by atoms with E-state index in [-0.39, 0.29) is 16.7 Å². The van der Waals surface area contributed by atoms with Crippen LogP contribution in [0.4, 0.5) is 0 Å². The van der Waals surface area contributed by atoms with Gasteiger partial charge < -0.3 is 15.0 Å². The van der Waals surface area contributed by atoms with Crippen LogP contribution in [0.2, 0.25) is 0 Å². The van der Waals surface area contributed by atoms with Crippen LogP contribution in [0.15, 0.2) is 0 Å². The maximum atomic E-state index is 6.10. The van der Waals surface area contributed by atoms with Gasteiger partial charge in [0.2, 0.25) is 0 Å². The van der Waals surface area contributed by atoms with Crippen LogP contribution < -0.4 is 5.32 Å². The monoisotopic (exact) mass is 242 g/mol. The summed E-state index contributed by atoms with van der Waals surface area (Å²) < 4.78 is 6.10. The van der Waals surface area contributed by atoms with E-state index in [0.717, 1.165) is 13.0 Å². The van der Waals surface area contributed by atoms with Crippen LogP contribution in [-0.4, -0.2) is 48.3 Å². The largest absolute Gasteiger partial charge is 0.368 e. The molecule has 17 heavy (non-hydrogen) atoms. The number of hydrogen-bond donors (Lipinski definition) is 1. The third-order valence-electron chi connectivity index (χ3n) is 4.07. The van der Waals surface area contributed by atoms with Gasteiger partial charge in [0.1, 0.15) is 0 Å². The average molecular weight is 242 g/mol. The molecular weight excluding hydrogens is 212 g/mol. The van der Waals surface area contributed by atoms with Crippen LogP contribution in [0, 0.1) is 0 Å². The van der Waals surface area contributed by atoms with E-state index in [1.54, 1.807) is 0 Å². The summed E-state index contributed by atoms with van der Waals surface area (Å²) in [6.45, 7) is 14.2. The Morgan fingerprint density at radius 1 is 1.24 bits per heavy atom. The smallest absolute Gasteiger partial charge is 0.0787 e. The lowest BCUT2D eigenvalue weighted by Crippen LogP contribution is -2.52. The molecule has 3 heteroatoms. The van der Waals surface area contributed by atoms with Crippen LogP contribution in [0.5, 0.6) is 0 Å². The summed E-state index contributed by atoms with van der Waals surface area (Å²) in [6.07, 6.45) is 1.07. The van der Waals surface area contributed by atoms with Gasteiger partial charge in [-0.1, -0.05) is 0 Å². The number of hydrogen-bond acceptors (Lipinski definition) is 3. The Labute approximate surface area is 107 Å². The summed E-state index contributed by atoms with van der Waals surface area (Å²) in [5, 5.41) is 3.68. The van der Waals surface area contributed by atoms with Crippen molar-refractivity contribution in [2.75, 3.05) is 20.6 Å². The van der Waals surface area contributed by atoms with E-state index in [4.69, 9.17) is 4.74 Å². The average Bonchev–Trinajstić information content (AvgIpc) is 2.30. The molecule has 0 amide bonds. The lowest BCUT2D eigenvalue weighted by Gasteiger charge is -2.36. The molecule has 1 rings (SSSR count). The molecule has 1 fully saturated rings. The molecule has 0 aromatic rings. The van der Waals surface area contributed by atoms with E-state index in [0.29, 0.717) is 6.04 Å². The fourth-order valence-electron chi connectivity index (χ4n) is 2.41. The molecule has 1 heterocycles. The highest BCUT2D eigenvalue weighted by Gasteiger charge is 2.45. The molecule has 0 aromatic carbocycles. The Hall–Kier alpha value is -0.120. The molecule has 0 radical (unpaired) electrons. The van der Waals surface area contributed by atoms with Crippen LogP contribution in [0.1, 0.15) is 48.0 Å². The molecule has 1 atom stereocenters.